The number of carbonyl (C=O) groups is 1. The van der Waals surface area contributed by atoms with E-state index >= 15 is 0 Å². The van der Waals surface area contributed by atoms with E-state index < -0.39 is 0 Å². The molecule has 0 saturated carbocycles. The molecule has 100 valence electrons. The van der Waals surface area contributed by atoms with Gasteiger partial charge in [-0.3, -0.25) is 4.79 Å². The number of nitrogens with zero attached hydrogens (tertiary/aromatic N) is 1. The average Bonchev–Trinajstić information content (AvgIpc) is 2.69. The molecule has 1 N–H and O–H groups in total. The van der Waals surface area contributed by atoms with Gasteiger partial charge in [-0.15, -0.1) is 11.3 Å². The van der Waals surface area contributed by atoms with Crippen LogP contribution in [0, 0.1) is 19.8 Å². The van der Waals surface area contributed by atoms with Crippen LogP contribution in [0.25, 0.3) is 0 Å². The minimum absolute atomic E-state index is 0.127. The summed E-state index contributed by atoms with van der Waals surface area (Å²) >= 11 is 1.57. The third-order valence-corrected chi connectivity index (χ3v) is 5.02. The summed E-state index contributed by atoms with van der Waals surface area (Å²) in [5, 5.41) is 9.26. The van der Waals surface area contributed by atoms with E-state index in [1.807, 2.05) is 24.8 Å². The predicted octanol–water partition coefficient (Wildman–Crippen LogP) is 2.60. The predicted molar refractivity (Wildman–Crippen MR) is 74.1 cm³/mol. The molecule has 1 aromatic heterocycles. The molecule has 0 aromatic carbocycles. The maximum absolute atomic E-state index is 12.5. The number of carbonyl (C=O) groups excluding carboxylic acids is 1. The van der Waals surface area contributed by atoms with Crippen LogP contribution in [-0.4, -0.2) is 35.1 Å². The lowest BCUT2D eigenvalue weighted by Crippen LogP contribution is -2.46. The lowest BCUT2D eigenvalue weighted by molar-refractivity contribution is 0.0493. The Labute approximate surface area is 112 Å². The van der Waals surface area contributed by atoms with Crippen LogP contribution in [-0.2, 0) is 0 Å². The van der Waals surface area contributed by atoms with Crippen molar-refractivity contribution in [2.45, 2.75) is 39.7 Å². The zero-order valence-corrected chi connectivity index (χ0v) is 12.1. The lowest BCUT2D eigenvalue weighted by atomic mass is 9.94. The first-order chi connectivity index (χ1) is 8.52. The summed E-state index contributed by atoms with van der Waals surface area (Å²) in [7, 11) is 0. The fraction of sp³-hybridized carbons (Fsp3) is 0.643. The van der Waals surface area contributed by atoms with Crippen LogP contribution >= 0.6 is 11.3 Å². The summed E-state index contributed by atoms with van der Waals surface area (Å²) in [4.78, 5) is 16.5. The molecule has 2 rings (SSSR count). The molecule has 1 aliphatic rings. The minimum Gasteiger partial charge on any atom is -0.396 e. The van der Waals surface area contributed by atoms with Crippen molar-refractivity contribution in [1.82, 2.24) is 4.90 Å². The van der Waals surface area contributed by atoms with Gasteiger partial charge in [-0.1, -0.05) is 0 Å². The summed E-state index contributed by atoms with van der Waals surface area (Å²) in [6.07, 6.45) is 2.00. The number of thiophene rings is 1. The minimum atomic E-state index is 0.127. The SMILES string of the molecule is Cc1cc(C(=O)N2CC(CO)CCC2C)sc1C. The Bertz CT molecular complexity index is 422. The number of hydrogen-bond acceptors (Lipinski definition) is 3. The molecule has 2 atom stereocenters. The summed E-state index contributed by atoms with van der Waals surface area (Å²) in [5.74, 6) is 0.370. The van der Waals surface area contributed by atoms with Crippen molar-refractivity contribution in [3.05, 3.63) is 21.4 Å². The molecule has 4 heteroatoms. The Morgan fingerprint density at radius 3 is 2.78 bits per heavy atom. The Kier molecular flexibility index (Phi) is 4.07. The van der Waals surface area contributed by atoms with E-state index in [1.165, 1.54) is 10.4 Å². The van der Waals surface area contributed by atoms with Gasteiger partial charge < -0.3 is 10.0 Å². The van der Waals surface area contributed by atoms with E-state index in [2.05, 4.69) is 6.92 Å². The van der Waals surface area contributed by atoms with Crippen LogP contribution < -0.4 is 0 Å². The Morgan fingerprint density at radius 1 is 1.50 bits per heavy atom. The van der Waals surface area contributed by atoms with E-state index in [0.29, 0.717) is 6.54 Å². The van der Waals surface area contributed by atoms with Gasteiger partial charge >= 0.3 is 0 Å². The monoisotopic (exact) mass is 267 g/mol. The highest BCUT2D eigenvalue weighted by Crippen LogP contribution is 2.27. The van der Waals surface area contributed by atoms with Gasteiger partial charge in [0.2, 0.25) is 0 Å². The molecule has 1 aromatic rings. The van der Waals surface area contributed by atoms with E-state index in [9.17, 15) is 9.90 Å². The van der Waals surface area contributed by atoms with Gasteiger partial charge in [0, 0.05) is 24.1 Å². The fourth-order valence-corrected chi connectivity index (χ4v) is 3.42. The quantitative estimate of drug-likeness (QED) is 0.894. The second kappa shape index (κ2) is 5.41. The standard InChI is InChI=1S/C14H21NO2S/c1-9-6-13(18-11(9)3)14(17)15-7-12(8-16)5-4-10(15)2/h6,10,12,16H,4-5,7-8H2,1-3H3. The number of rotatable bonds is 2. The van der Waals surface area contributed by atoms with Crippen molar-refractivity contribution in [2.75, 3.05) is 13.2 Å². The van der Waals surface area contributed by atoms with Gasteiger partial charge in [0.25, 0.3) is 5.91 Å². The molecule has 1 saturated heterocycles. The zero-order chi connectivity index (χ0) is 13.3. The largest absolute Gasteiger partial charge is 0.396 e. The van der Waals surface area contributed by atoms with Crippen LogP contribution in [0.4, 0.5) is 0 Å². The highest BCUT2D eigenvalue weighted by atomic mass is 32.1. The lowest BCUT2D eigenvalue weighted by Gasteiger charge is -2.37. The number of amides is 1. The van der Waals surface area contributed by atoms with Crippen molar-refractivity contribution in [2.24, 2.45) is 5.92 Å². The Balaban J connectivity index is 2.16. The topological polar surface area (TPSA) is 40.5 Å². The van der Waals surface area contributed by atoms with E-state index in [0.717, 1.165) is 17.7 Å². The van der Waals surface area contributed by atoms with Crippen LogP contribution in [0.3, 0.4) is 0 Å². The van der Waals surface area contributed by atoms with Crippen molar-refractivity contribution in [1.29, 1.82) is 0 Å². The summed E-state index contributed by atoms with van der Waals surface area (Å²) in [5.41, 5.74) is 1.19. The molecule has 1 fully saturated rings. The third kappa shape index (κ3) is 2.59. The first-order valence-corrected chi connectivity index (χ1v) is 7.33. The second-order valence-corrected chi connectivity index (χ2v) is 6.54. The number of aryl methyl sites for hydroxylation is 2. The maximum atomic E-state index is 12.5. The molecule has 0 aliphatic carbocycles. The molecule has 3 nitrogen and oxygen atoms in total. The average molecular weight is 267 g/mol. The second-order valence-electron chi connectivity index (χ2n) is 5.28. The Morgan fingerprint density at radius 2 is 2.22 bits per heavy atom. The summed E-state index contributed by atoms with van der Waals surface area (Å²) in [6, 6.07) is 2.26. The zero-order valence-electron chi connectivity index (χ0n) is 11.3. The smallest absolute Gasteiger partial charge is 0.264 e. The van der Waals surface area contributed by atoms with Gasteiger partial charge in [-0.05, 0) is 51.2 Å². The van der Waals surface area contributed by atoms with Crippen molar-refractivity contribution >= 4 is 17.2 Å². The highest BCUT2D eigenvalue weighted by molar-refractivity contribution is 7.14. The van der Waals surface area contributed by atoms with Crippen molar-refractivity contribution in [3.63, 3.8) is 0 Å². The van der Waals surface area contributed by atoms with Crippen molar-refractivity contribution in [3.8, 4) is 0 Å². The molecular weight excluding hydrogens is 246 g/mol. The van der Waals surface area contributed by atoms with Crippen molar-refractivity contribution < 1.29 is 9.90 Å². The molecule has 2 heterocycles. The summed E-state index contributed by atoms with van der Waals surface area (Å²) in [6.45, 7) is 7.05. The van der Waals surface area contributed by atoms with E-state index in [-0.39, 0.29) is 24.5 Å². The molecule has 0 radical (unpaired) electrons. The number of likely N-dealkylation sites (tertiary alicyclic amines) is 1. The third-order valence-electron chi connectivity index (χ3n) is 3.88. The maximum Gasteiger partial charge on any atom is 0.264 e. The van der Waals surface area contributed by atoms with Crippen LogP contribution in [0.1, 0.15) is 39.9 Å². The van der Waals surface area contributed by atoms with Gasteiger partial charge in [0.1, 0.15) is 0 Å². The molecule has 0 bridgehead atoms. The van der Waals surface area contributed by atoms with E-state index in [4.69, 9.17) is 0 Å². The van der Waals surface area contributed by atoms with Gasteiger partial charge in [0.15, 0.2) is 0 Å². The Hall–Kier alpha value is -0.870. The molecule has 0 spiro atoms. The molecular formula is C14H21NO2S. The van der Waals surface area contributed by atoms with Crippen LogP contribution in [0.15, 0.2) is 6.07 Å². The number of hydrogen-bond donors (Lipinski definition) is 1. The normalized spacial score (nSPS) is 24.3. The van der Waals surface area contributed by atoms with Gasteiger partial charge in [-0.25, -0.2) is 0 Å². The first kappa shape index (κ1) is 13.6. The molecule has 1 amide bonds. The fourth-order valence-electron chi connectivity index (χ4n) is 2.43. The van der Waals surface area contributed by atoms with E-state index in [1.54, 1.807) is 11.3 Å². The van der Waals surface area contributed by atoms with Gasteiger partial charge in [0.05, 0.1) is 4.88 Å². The highest BCUT2D eigenvalue weighted by Gasteiger charge is 2.30. The summed E-state index contributed by atoms with van der Waals surface area (Å²) < 4.78 is 0. The van der Waals surface area contributed by atoms with Crippen LogP contribution in [0.2, 0.25) is 0 Å². The number of piperidine rings is 1. The molecule has 18 heavy (non-hydrogen) atoms. The van der Waals surface area contributed by atoms with Gasteiger partial charge in [-0.2, -0.15) is 0 Å². The number of aliphatic hydroxyl groups is 1. The van der Waals surface area contributed by atoms with Crippen LogP contribution in [0.5, 0.6) is 0 Å². The molecule has 1 aliphatic heterocycles. The molecule has 2 unspecified atom stereocenters. The number of aliphatic hydroxyl groups excluding tert-OH is 1. The first-order valence-electron chi connectivity index (χ1n) is 6.51.